The van der Waals surface area contributed by atoms with E-state index in [1.807, 2.05) is 0 Å². The van der Waals surface area contributed by atoms with Gasteiger partial charge < -0.3 is 9.64 Å². The zero-order valence-electron chi connectivity index (χ0n) is 13.0. The first-order valence-corrected chi connectivity index (χ1v) is 9.92. The summed E-state index contributed by atoms with van der Waals surface area (Å²) in [6.07, 6.45) is 0.185. The van der Waals surface area contributed by atoms with E-state index in [0.29, 0.717) is 36.9 Å². The van der Waals surface area contributed by atoms with Crippen molar-refractivity contribution in [3.05, 3.63) is 46.7 Å². The van der Waals surface area contributed by atoms with Crippen LogP contribution in [0.25, 0.3) is 0 Å². The topological polar surface area (TPSA) is 75.7 Å². The highest BCUT2D eigenvalue weighted by Gasteiger charge is 2.21. The number of nitrogens with zero attached hydrogens (tertiary/aromatic N) is 1. The first-order chi connectivity index (χ1) is 11.6. The van der Waals surface area contributed by atoms with Crippen molar-refractivity contribution < 1.29 is 17.9 Å². The van der Waals surface area contributed by atoms with Crippen LogP contribution >= 0.6 is 11.3 Å². The maximum Gasteiger partial charge on any atom is 0.261 e. The monoisotopic (exact) mass is 366 g/mol. The van der Waals surface area contributed by atoms with E-state index in [2.05, 4.69) is 4.72 Å². The predicted octanol–water partition coefficient (Wildman–Crippen LogP) is 1.95. The van der Waals surface area contributed by atoms with Crippen molar-refractivity contribution >= 4 is 33.0 Å². The first kappa shape index (κ1) is 16.9. The molecule has 0 unspecified atom stereocenters. The molecule has 1 amide bonds. The molecule has 24 heavy (non-hydrogen) atoms. The van der Waals surface area contributed by atoms with Crippen molar-refractivity contribution in [1.29, 1.82) is 0 Å². The minimum absolute atomic E-state index is 0.0130. The lowest BCUT2D eigenvalue weighted by Crippen LogP contribution is -2.41. The van der Waals surface area contributed by atoms with Gasteiger partial charge in [-0.15, -0.1) is 11.3 Å². The molecule has 8 heteroatoms. The molecule has 0 bridgehead atoms. The van der Waals surface area contributed by atoms with Gasteiger partial charge in [-0.05, 0) is 23.6 Å². The molecule has 1 N–H and O–H groups in total. The number of rotatable bonds is 5. The molecule has 1 aromatic heterocycles. The summed E-state index contributed by atoms with van der Waals surface area (Å²) < 4.78 is 32.7. The Bertz CT molecular complexity index is 796. The molecule has 2 heterocycles. The molecule has 0 aliphatic carbocycles. The van der Waals surface area contributed by atoms with Crippen molar-refractivity contribution in [2.75, 3.05) is 31.0 Å². The summed E-state index contributed by atoms with van der Waals surface area (Å²) >= 11 is 1.37. The molecule has 1 aliphatic rings. The molecule has 0 atom stereocenters. The highest BCUT2D eigenvalue weighted by molar-refractivity contribution is 7.92. The maximum atomic E-state index is 12.4. The fraction of sp³-hybridized carbons (Fsp3) is 0.312. The molecule has 1 aromatic carbocycles. The lowest BCUT2D eigenvalue weighted by molar-refractivity contribution is -0.134. The maximum absolute atomic E-state index is 12.4. The second-order valence-electron chi connectivity index (χ2n) is 5.35. The Kier molecular flexibility index (Phi) is 5.17. The van der Waals surface area contributed by atoms with Gasteiger partial charge >= 0.3 is 0 Å². The number of ether oxygens (including phenoxy) is 1. The van der Waals surface area contributed by atoms with Crippen LogP contribution in [-0.2, 0) is 26.0 Å². The van der Waals surface area contributed by atoms with Gasteiger partial charge in [-0.2, -0.15) is 0 Å². The number of morpholine rings is 1. The molecule has 128 valence electrons. The molecule has 0 spiro atoms. The number of thiophene rings is 1. The number of sulfonamides is 1. The minimum atomic E-state index is -3.65. The summed E-state index contributed by atoms with van der Waals surface area (Å²) in [6.45, 7) is 2.25. The molecule has 3 rings (SSSR count). The normalized spacial score (nSPS) is 15.2. The average molecular weight is 366 g/mol. The van der Waals surface area contributed by atoms with Crippen LogP contribution in [0.2, 0.25) is 0 Å². The highest BCUT2D eigenvalue weighted by atomic mass is 32.2. The average Bonchev–Trinajstić information content (AvgIpc) is 3.02. The summed E-state index contributed by atoms with van der Waals surface area (Å²) in [4.78, 5) is 15.0. The number of anilines is 1. The third-order valence-corrected chi connectivity index (χ3v) is 6.02. The van der Waals surface area contributed by atoms with E-state index in [1.54, 1.807) is 34.5 Å². The number of nitrogens with one attached hydrogen (secondary N) is 1. The van der Waals surface area contributed by atoms with E-state index in [-0.39, 0.29) is 17.2 Å². The van der Waals surface area contributed by atoms with Crippen LogP contribution < -0.4 is 4.72 Å². The Morgan fingerprint density at radius 2 is 1.88 bits per heavy atom. The van der Waals surface area contributed by atoms with Gasteiger partial charge in [-0.1, -0.05) is 18.2 Å². The van der Waals surface area contributed by atoms with Crippen molar-refractivity contribution in [2.45, 2.75) is 11.3 Å². The van der Waals surface area contributed by atoms with Crippen molar-refractivity contribution in [2.24, 2.45) is 0 Å². The van der Waals surface area contributed by atoms with Crippen LogP contribution in [0.15, 0.2) is 46.7 Å². The molecular formula is C16H18N2O4S2. The standard InChI is InChI=1S/C16H18N2O4S2/c19-16(18-7-9-22-10-8-18)12-15-14(6-11-23-15)17-24(20,21)13-4-2-1-3-5-13/h1-6,11,17H,7-10,12H2. The summed E-state index contributed by atoms with van der Waals surface area (Å²) in [6, 6.07) is 9.86. The molecular weight excluding hydrogens is 348 g/mol. The fourth-order valence-corrected chi connectivity index (χ4v) is 4.43. The Morgan fingerprint density at radius 1 is 1.17 bits per heavy atom. The van der Waals surface area contributed by atoms with E-state index in [1.165, 1.54) is 23.5 Å². The molecule has 1 saturated heterocycles. The smallest absolute Gasteiger partial charge is 0.261 e. The van der Waals surface area contributed by atoms with E-state index in [9.17, 15) is 13.2 Å². The number of hydrogen-bond donors (Lipinski definition) is 1. The van der Waals surface area contributed by atoms with Gasteiger partial charge in [0.05, 0.1) is 30.2 Å². The summed E-state index contributed by atoms with van der Waals surface area (Å²) in [5, 5.41) is 1.78. The minimum Gasteiger partial charge on any atom is -0.378 e. The number of amides is 1. The Morgan fingerprint density at radius 3 is 2.58 bits per heavy atom. The SMILES string of the molecule is O=C(Cc1sccc1NS(=O)(=O)c1ccccc1)N1CCOCC1. The highest BCUT2D eigenvalue weighted by Crippen LogP contribution is 2.26. The van der Waals surface area contributed by atoms with Crippen LogP contribution in [0.4, 0.5) is 5.69 Å². The van der Waals surface area contributed by atoms with Crippen molar-refractivity contribution in [1.82, 2.24) is 4.90 Å². The lowest BCUT2D eigenvalue weighted by atomic mass is 10.2. The third kappa shape index (κ3) is 3.95. The van der Waals surface area contributed by atoms with E-state index in [0.717, 1.165) is 0 Å². The third-order valence-electron chi connectivity index (χ3n) is 3.72. The van der Waals surface area contributed by atoms with Gasteiger partial charge in [0.1, 0.15) is 0 Å². The Labute approximate surface area is 145 Å². The van der Waals surface area contributed by atoms with Crippen LogP contribution in [0.3, 0.4) is 0 Å². The van der Waals surface area contributed by atoms with E-state index >= 15 is 0 Å². The number of benzene rings is 1. The van der Waals surface area contributed by atoms with E-state index < -0.39 is 10.0 Å². The van der Waals surface area contributed by atoms with Gasteiger partial charge in [-0.3, -0.25) is 9.52 Å². The molecule has 2 aromatic rings. The Balaban J connectivity index is 1.72. The molecule has 1 fully saturated rings. The Hall–Kier alpha value is -1.90. The quantitative estimate of drug-likeness (QED) is 0.878. The number of carbonyl (C=O) groups excluding carboxylic acids is 1. The van der Waals surface area contributed by atoms with Crippen molar-refractivity contribution in [3.8, 4) is 0 Å². The van der Waals surface area contributed by atoms with Gasteiger partial charge in [0.25, 0.3) is 10.0 Å². The predicted molar refractivity (Wildman–Crippen MR) is 92.7 cm³/mol. The summed E-state index contributed by atoms with van der Waals surface area (Å²) in [5.41, 5.74) is 0.463. The van der Waals surface area contributed by atoms with Crippen LogP contribution in [0.5, 0.6) is 0 Å². The van der Waals surface area contributed by atoms with Gasteiger partial charge in [0, 0.05) is 18.0 Å². The molecule has 0 radical (unpaired) electrons. The second-order valence-corrected chi connectivity index (χ2v) is 8.03. The number of hydrogen-bond acceptors (Lipinski definition) is 5. The summed E-state index contributed by atoms with van der Waals surface area (Å²) in [5.74, 6) is -0.0130. The zero-order valence-corrected chi connectivity index (χ0v) is 14.6. The first-order valence-electron chi connectivity index (χ1n) is 7.56. The van der Waals surface area contributed by atoms with Crippen LogP contribution in [-0.4, -0.2) is 45.5 Å². The van der Waals surface area contributed by atoms with Gasteiger partial charge in [0.2, 0.25) is 5.91 Å². The molecule has 6 nitrogen and oxygen atoms in total. The zero-order chi connectivity index (χ0) is 17.0. The fourth-order valence-electron chi connectivity index (χ4n) is 2.43. The molecule has 1 aliphatic heterocycles. The lowest BCUT2D eigenvalue weighted by Gasteiger charge is -2.26. The van der Waals surface area contributed by atoms with Gasteiger partial charge in [0.15, 0.2) is 0 Å². The second kappa shape index (κ2) is 7.33. The van der Waals surface area contributed by atoms with Crippen LogP contribution in [0.1, 0.15) is 4.88 Å². The van der Waals surface area contributed by atoms with Crippen molar-refractivity contribution in [3.63, 3.8) is 0 Å². The number of carbonyl (C=O) groups is 1. The van der Waals surface area contributed by atoms with Gasteiger partial charge in [-0.25, -0.2) is 8.42 Å². The molecule has 0 saturated carbocycles. The largest absolute Gasteiger partial charge is 0.378 e. The van der Waals surface area contributed by atoms with Crippen LogP contribution in [0, 0.1) is 0 Å². The summed E-state index contributed by atoms with van der Waals surface area (Å²) in [7, 11) is -3.65. The van der Waals surface area contributed by atoms with E-state index in [4.69, 9.17) is 4.74 Å².